The van der Waals surface area contributed by atoms with E-state index < -0.39 is 18.5 Å². The van der Waals surface area contributed by atoms with Crippen LogP contribution in [0.4, 0.5) is 5.69 Å². The van der Waals surface area contributed by atoms with E-state index in [1.54, 1.807) is 12.1 Å². The van der Waals surface area contributed by atoms with Crippen molar-refractivity contribution in [3.05, 3.63) is 28.2 Å². The first-order chi connectivity index (χ1) is 14.7. The molecule has 1 heterocycles. The van der Waals surface area contributed by atoms with Crippen LogP contribution in [0.25, 0.3) is 0 Å². The standard InChI is InChI=1S/C21H21Br3N2O5/c1-9-6-10(22)2-3-13(9)25-14(27)8-31-15(28)4-5-26-20(29)16-11-7-12(17(16)21(26)30)19(24)18(11)23/h2-3,6,11-12,16-19H,4-5,7-8H2,1H3,(H,25,27)/t11-,12-,16-,17-,18-,19+/m1/s1. The Balaban J connectivity index is 1.26. The van der Waals surface area contributed by atoms with Gasteiger partial charge in [-0.2, -0.15) is 0 Å². The summed E-state index contributed by atoms with van der Waals surface area (Å²) in [5.74, 6) is -1.79. The van der Waals surface area contributed by atoms with E-state index in [0.717, 1.165) is 16.5 Å². The van der Waals surface area contributed by atoms with Crippen LogP contribution in [-0.2, 0) is 23.9 Å². The second-order valence-electron chi connectivity index (χ2n) is 8.25. The van der Waals surface area contributed by atoms with Crippen molar-refractivity contribution in [3.8, 4) is 0 Å². The van der Waals surface area contributed by atoms with Gasteiger partial charge in [-0.3, -0.25) is 24.1 Å². The molecule has 10 heteroatoms. The zero-order valence-electron chi connectivity index (χ0n) is 16.6. The third-order valence-corrected chi connectivity index (χ3v) is 10.1. The summed E-state index contributed by atoms with van der Waals surface area (Å²) in [5.41, 5.74) is 1.50. The molecular weight excluding hydrogens is 600 g/mol. The molecular formula is C21H21Br3N2O5. The van der Waals surface area contributed by atoms with E-state index in [-0.39, 0.29) is 58.1 Å². The largest absolute Gasteiger partial charge is 0.456 e. The summed E-state index contributed by atoms with van der Waals surface area (Å²) >= 11 is 10.7. The van der Waals surface area contributed by atoms with Crippen LogP contribution in [0.1, 0.15) is 18.4 Å². The first-order valence-electron chi connectivity index (χ1n) is 10.0. The zero-order valence-corrected chi connectivity index (χ0v) is 21.4. The number of alkyl halides is 2. The van der Waals surface area contributed by atoms with Crippen molar-refractivity contribution in [2.24, 2.45) is 23.7 Å². The topological polar surface area (TPSA) is 92.8 Å². The summed E-state index contributed by atoms with van der Waals surface area (Å²) in [7, 11) is 0. The third kappa shape index (κ3) is 4.23. The van der Waals surface area contributed by atoms with Gasteiger partial charge >= 0.3 is 5.97 Å². The number of carbonyl (C=O) groups is 4. The number of hydrogen-bond acceptors (Lipinski definition) is 5. The highest BCUT2D eigenvalue weighted by atomic mass is 79.9. The number of halogens is 3. The first-order valence-corrected chi connectivity index (χ1v) is 12.7. The number of carbonyl (C=O) groups excluding carboxylic acids is 4. The average molecular weight is 621 g/mol. The van der Waals surface area contributed by atoms with Gasteiger partial charge in [0.25, 0.3) is 5.91 Å². The van der Waals surface area contributed by atoms with Crippen LogP contribution < -0.4 is 5.32 Å². The number of imide groups is 1. The lowest BCUT2D eigenvalue weighted by Crippen LogP contribution is -2.37. The van der Waals surface area contributed by atoms with E-state index in [1.165, 1.54) is 4.90 Å². The van der Waals surface area contributed by atoms with E-state index >= 15 is 0 Å². The normalized spacial score (nSPS) is 31.2. The molecule has 31 heavy (non-hydrogen) atoms. The number of benzene rings is 1. The number of amides is 3. The molecule has 1 aromatic rings. The van der Waals surface area contributed by atoms with Crippen LogP contribution >= 0.6 is 47.8 Å². The number of rotatable bonds is 6. The van der Waals surface area contributed by atoms with Crippen molar-refractivity contribution in [1.29, 1.82) is 0 Å². The molecule has 3 aliphatic rings. The molecule has 7 nitrogen and oxygen atoms in total. The minimum Gasteiger partial charge on any atom is -0.456 e. The predicted molar refractivity (Wildman–Crippen MR) is 124 cm³/mol. The number of esters is 1. The van der Waals surface area contributed by atoms with Gasteiger partial charge in [0.1, 0.15) is 0 Å². The fraction of sp³-hybridized carbons (Fsp3) is 0.524. The second kappa shape index (κ2) is 8.94. The molecule has 166 valence electrons. The van der Waals surface area contributed by atoms with Gasteiger partial charge in [-0.05, 0) is 48.9 Å². The van der Waals surface area contributed by atoms with Gasteiger partial charge in [0.15, 0.2) is 6.61 Å². The highest BCUT2D eigenvalue weighted by Crippen LogP contribution is 2.60. The third-order valence-electron chi connectivity index (χ3n) is 6.44. The minimum atomic E-state index is -0.625. The quantitative estimate of drug-likeness (QED) is 0.299. The Bertz CT molecular complexity index is 923. The maximum absolute atomic E-state index is 12.8. The first kappa shape index (κ1) is 22.9. The molecule has 2 saturated carbocycles. The number of likely N-dealkylation sites (tertiary alicyclic amines) is 1. The minimum absolute atomic E-state index is 0.0176. The number of anilines is 1. The monoisotopic (exact) mass is 618 g/mol. The van der Waals surface area contributed by atoms with Crippen molar-refractivity contribution in [3.63, 3.8) is 0 Å². The number of hydrogen-bond donors (Lipinski definition) is 1. The molecule has 0 spiro atoms. The summed E-state index contributed by atoms with van der Waals surface area (Å²) in [4.78, 5) is 51.4. The lowest BCUT2D eigenvalue weighted by atomic mass is 9.81. The van der Waals surface area contributed by atoms with E-state index in [1.807, 2.05) is 13.0 Å². The highest BCUT2D eigenvalue weighted by Gasteiger charge is 2.66. The molecule has 0 aromatic heterocycles. The summed E-state index contributed by atoms with van der Waals surface area (Å²) in [5, 5.41) is 2.69. The Morgan fingerprint density at radius 1 is 1.13 bits per heavy atom. The zero-order chi connectivity index (χ0) is 22.4. The maximum Gasteiger partial charge on any atom is 0.308 e. The predicted octanol–water partition coefficient (Wildman–Crippen LogP) is 3.41. The summed E-state index contributed by atoms with van der Waals surface area (Å²) < 4.78 is 5.93. The Hall–Kier alpha value is -1.26. The number of ether oxygens (including phenoxy) is 1. The Morgan fingerprint density at radius 2 is 1.74 bits per heavy atom. The van der Waals surface area contributed by atoms with Gasteiger partial charge in [-0.25, -0.2) is 0 Å². The number of fused-ring (bicyclic) bond motifs is 5. The molecule has 1 aliphatic heterocycles. The summed E-state index contributed by atoms with van der Waals surface area (Å²) in [6.07, 6.45) is 0.730. The molecule has 1 N–H and O–H groups in total. The van der Waals surface area contributed by atoms with Gasteiger partial charge in [0.05, 0.1) is 18.3 Å². The van der Waals surface area contributed by atoms with Crippen molar-refractivity contribution >= 4 is 77.2 Å². The molecule has 4 rings (SSSR count). The summed E-state index contributed by atoms with van der Waals surface area (Å²) in [6.45, 7) is 1.41. The van der Waals surface area contributed by atoms with Crippen molar-refractivity contribution in [1.82, 2.24) is 4.90 Å². The van der Waals surface area contributed by atoms with E-state index in [4.69, 9.17) is 4.74 Å². The van der Waals surface area contributed by atoms with Crippen LogP contribution in [0, 0.1) is 30.6 Å². The van der Waals surface area contributed by atoms with Crippen molar-refractivity contribution in [2.75, 3.05) is 18.5 Å². The number of nitrogens with zero attached hydrogens (tertiary/aromatic N) is 1. The molecule has 1 saturated heterocycles. The lowest BCUT2D eigenvalue weighted by molar-refractivity contribution is -0.149. The molecule has 2 aliphatic carbocycles. The molecule has 2 bridgehead atoms. The Kier molecular flexibility index (Phi) is 6.61. The van der Waals surface area contributed by atoms with Gasteiger partial charge < -0.3 is 10.1 Å². The maximum atomic E-state index is 12.8. The van der Waals surface area contributed by atoms with Crippen LogP contribution in [0.2, 0.25) is 0 Å². The Morgan fingerprint density at radius 3 is 2.32 bits per heavy atom. The van der Waals surface area contributed by atoms with Crippen LogP contribution in [0.15, 0.2) is 22.7 Å². The number of aryl methyl sites for hydroxylation is 1. The van der Waals surface area contributed by atoms with Crippen molar-refractivity contribution < 1.29 is 23.9 Å². The molecule has 6 atom stereocenters. The van der Waals surface area contributed by atoms with Crippen molar-refractivity contribution in [2.45, 2.75) is 29.4 Å². The molecule has 0 radical (unpaired) electrons. The fourth-order valence-corrected chi connectivity index (χ4v) is 7.35. The van der Waals surface area contributed by atoms with E-state index in [9.17, 15) is 19.2 Å². The Labute approximate surface area is 205 Å². The van der Waals surface area contributed by atoms with Gasteiger partial charge in [0, 0.05) is 26.4 Å². The van der Waals surface area contributed by atoms with Crippen LogP contribution in [0.3, 0.4) is 0 Å². The van der Waals surface area contributed by atoms with Gasteiger partial charge in [-0.15, -0.1) is 0 Å². The van der Waals surface area contributed by atoms with Crippen LogP contribution in [0.5, 0.6) is 0 Å². The molecule has 3 amide bonds. The molecule has 0 unspecified atom stereocenters. The molecule has 1 aromatic carbocycles. The van der Waals surface area contributed by atoms with E-state index in [2.05, 4.69) is 53.1 Å². The van der Waals surface area contributed by atoms with E-state index in [0.29, 0.717) is 5.69 Å². The number of nitrogens with one attached hydrogen (secondary N) is 1. The average Bonchev–Trinajstić information content (AvgIpc) is 3.32. The summed E-state index contributed by atoms with van der Waals surface area (Å²) in [6, 6.07) is 5.42. The fourth-order valence-electron chi connectivity index (χ4n) is 5.01. The highest BCUT2D eigenvalue weighted by molar-refractivity contribution is 9.12. The van der Waals surface area contributed by atoms with Crippen LogP contribution in [-0.4, -0.2) is 51.4 Å². The molecule has 3 fully saturated rings. The smallest absolute Gasteiger partial charge is 0.308 e. The van der Waals surface area contributed by atoms with Gasteiger partial charge in [0.2, 0.25) is 11.8 Å². The lowest BCUT2D eigenvalue weighted by Gasteiger charge is -2.28. The SMILES string of the molecule is Cc1cc(Br)ccc1NC(=O)COC(=O)CCN1C(=O)[C@@H]2[C@H]3C[C@@H]([C@@H](Br)[C@H]3Br)[C@H]2C1=O. The van der Waals surface area contributed by atoms with Gasteiger partial charge in [-0.1, -0.05) is 47.8 Å². The second-order valence-corrected chi connectivity index (χ2v) is 11.3.